The quantitative estimate of drug-likeness (QED) is 0.419. The Bertz CT molecular complexity index is 1020. The molecule has 0 atom stereocenters. The first-order valence-corrected chi connectivity index (χ1v) is 11.8. The number of benzene rings is 3. The summed E-state index contributed by atoms with van der Waals surface area (Å²) in [6.45, 7) is 2.16. The Morgan fingerprint density at radius 3 is 1.90 bits per heavy atom. The van der Waals surface area contributed by atoms with E-state index in [4.69, 9.17) is 4.74 Å². The number of hydrogen-bond donors (Lipinski definition) is 0. The summed E-state index contributed by atoms with van der Waals surface area (Å²) in [5, 5.41) is -0.240. The van der Waals surface area contributed by atoms with Gasteiger partial charge in [0.1, 0.15) is 0 Å². The van der Waals surface area contributed by atoms with Crippen LogP contribution < -0.4 is 0 Å². The Balaban J connectivity index is 1.71. The maximum Gasteiger partial charge on any atom is 0.367 e. The molecule has 3 aromatic carbocycles. The Kier molecular flexibility index (Phi) is 6.30. The van der Waals surface area contributed by atoms with Crippen molar-refractivity contribution in [2.45, 2.75) is 12.3 Å². The zero-order chi connectivity index (χ0) is 21.0. The number of rotatable bonds is 6. The molecule has 0 saturated heterocycles. The molecule has 0 N–H and O–H groups in total. The maximum atomic E-state index is 12.9. The minimum atomic E-state index is -0.445. The summed E-state index contributed by atoms with van der Waals surface area (Å²) in [5.74, 6) is 1.08. The number of carbonyl (C=O) groups is 2. The van der Waals surface area contributed by atoms with Crippen molar-refractivity contribution in [2.75, 3.05) is 18.1 Å². The predicted molar refractivity (Wildman–Crippen MR) is 125 cm³/mol. The molecule has 0 spiro atoms. The van der Waals surface area contributed by atoms with Gasteiger partial charge in [0.15, 0.2) is 0 Å². The molecular weight excluding hydrogens is 412 g/mol. The topological polar surface area (TPSA) is 43.4 Å². The normalized spacial score (nSPS) is 13.4. The second kappa shape index (κ2) is 9.11. The molecular formula is C25H22O3S2. The van der Waals surface area contributed by atoms with Crippen molar-refractivity contribution in [2.24, 2.45) is 0 Å². The standard InChI is InChI=1S/C25H22O3S2/c1-2-28-24(27)30-17-25(16-29-23(26)18-10-4-3-5-11-18)21-14-8-6-12-19(21)20-13-7-9-15-22(20)25/h3-15H,2,16-17H2,1H3. The Morgan fingerprint density at radius 2 is 1.30 bits per heavy atom. The SMILES string of the molecule is CCOC(=O)SCC1(CSC(=O)c2ccccc2)c2ccccc2-c2ccccc21. The van der Waals surface area contributed by atoms with E-state index in [9.17, 15) is 9.59 Å². The first kappa shape index (κ1) is 20.8. The van der Waals surface area contributed by atoms with E-state index in [1.807, 2.05) is 61.5 Å². The molecule has 3 nitrogen and oxygen atoms in total. The monoisotopic (exact) mass is 434 g/mol. The highest BCUT2D eigenvalue weighted by Crippen LogP contribution is 2.52. The fraction of sp³-hybridized carbons (Fsp3) is 0.200. The third kappa shape index (κ3) is 3.92. The summed E-state index contributed by atoms with van der Waals surface area (Å²) in [5.41, 5.74) is 4.92. The van der Waals surface area contributed by atoms with Crippen molar-refractivity contribution in [3.8, 4) is 11.1 Å². The largest absolute Gasteiger partial charge is 0.458 e. The molecule has 0 heterocycles. The van der Waals surface area contributed by atoms with Crippen LogP contribution in [0, 0.1) is 0 Å². The van der Waals surface area contributed by atoms with E-state index in [-0.39, 0.29) is 10.4 Å². The lowest BCUT2D eigenvalue weighted by Gasteiger charge is -2.31. The molecule has 5 heteroatoms. The van der Waals surface area contributed by atoms with Crippen molar-refractivity contribution in [3.05, 3.63) is 95.6 Å². The lowest BCUT2D eigenvalue weighted by atomic mass is 9.82. The smallest absolute Gasteiger partial charge is 0.367 e. The predicted octanol–water partition coefficient (Wildman–Crippen LogP) is 6.42. The number of ether oxygens (including phenoxy) is 1. The molecule has 0 aromatic heterocycles. The third-order valence-corrected chi connectivity index (χ3v) is 7.46. The van der Waals surface area contributed by atoms with Gasteiger partial charge in [0, 0.05) is 22.5 Å². The second-order valence-electron chi connectivity index (χ2n) is 7.09. The Labute approximate surface area is 185 Å². The molecule has 152 valence electrons. The molecule has 4 rings (SSSR count). The van der Waals surface area contributed by atoms with Gasteiger partial charge < -0.3 is 4.74 Å². The van der Waals surface area contributed by atoms with E-state index in [1.54, 1.807) is 0 Å². The van der Waals surface area contributed by atoms with Gasteiger partial charge in [0.2, 0.25) is 5.12 Å². The van der Waals surface area contributed by atoms with Crippen LogP contribution in [0.1, 0.15) is 28.4 Å². The molecule has 30 heavy (non-hydrogen) atoms. The van der Waals surface area contributed by atoms with E-state index < -0.39 is 5.41 Å². The van der Waals surface area contributed by atoms with Gasteiger partial charge >= 0.3 is 5.30 Å². The van der Waals surface area contributed by atoms with Gasteiger partial charge in [0.05, 0.1) is 6.61 Å². The average molecular weight is 435 g/mol. The summed E-state index contributed by atoms with van der Waals surface area (Å²) in [6.07, 6.45) is 0. The maximum absolute atomic E-state index is 12.9. The minimum absolute atomic E-state index is 0.0398. The van der Waals surface area contributed by atoms with E-state index in [1.165, 1.54) is 34.7 Å². The van der Waals surface area contributed by atoms with Crippen molar-refractivity contribution in [1.29, 1.82) is 0 Å². The van der Waals surface area contributed by atoms with E-state index in [2.05, 4.69) is 24.3 Å². The van der Waals surface area contributed by atoms with Crippen molar-refractivity contribution in [3.63, 3.8) is 0 Å². The number of hydrogen-bond acceptors (Lipinski definition) is 5. The molecule has 0 unspecified atom stereocenters. The number of carbonyl (C=O) groups excluding carboxylic acids is 2. The number of fused-ring (bicyclic) bond motifs is 3. The van der Waals surface area contributed by atoms with Gasteiger partial charge in [0.25, 0.3) is 0 Å². The second-order valence-corrected chi connectivity index (χ2v) is 8.95. The van der Waals surface area contributed by atoms with Crippen LogP contribution in [0.2, 0.25) is 0 Å². The zero-order valence-corrected chi connectivity index (χ0v) is 18.3. The fourth-order valence-corrected chi connectivity index (χ4v) is 6.16. The first-order valence-electron chi connectivity index (χ1n) is 9.87. The summed E-state index contributed by atoms with van der Waals surface area (Å²) in [6, 6.07) is 25.9. The summed E-state index contributed by atoms with van der Waals surface area (Å²) in [4.78, 5) is 25.1. The van der Waals surface area contributed by atoms with E-state index in [0.29, 0.717) is 23.7 Å². The minimum Gasteiger partial charge on any atom is -0.458 e. The summed E-state index contributed by atoms with van der Waals surface area (Å²) in [7, 11) is 0. The van der Waals surface area contributed by atoms with Crippen LogP contribution in [0.3, 0.4) is 0 Å². The van der Waals surface area contributed by atoms with Crippen molar-refractivity contribution >= 4 is 33.9 Å². The first-order chi connectivity index (χ1) is 14.7. The van der Waals surface area contributed by atoms with Crippen molar-refractivity contribution < 1.29 is 14.3 Å². The van der Waals surface area contributed by atoms with E-state index in [0.717, 1.165) is 11.1 Å². The summed E-state index contributed by atoms with van der Waals surface area (Å²) < 4.78 is 5.17. The van der Waals surface area contributed by atoms with Gasteiger partial charge in [-0.2, -0.15) is 0 Å². The molecule has 0 bridgehead atoms. The average Bonchev–Trinajstić information content (AvgIpc) is 3.07. The highest BCUT2D eigenvalue weighted by atomic mass is 32.2. The van der Waals surface area contributed by atoms with Crippen LogP contribution >= 0.6 is 23.5 Å². The summed E-state index contributed by atoms with van der Waals surface area (Å²) >= 11 is 2.50. The molecule has 1 aliphatic carbocycles. The van der Waals surface area contributed by atoms with Crippen LogP contribution in [0.25, 0.3) is 11.1 Å². The third-order valence-electron chi connectivity index (χ3n) is 5.33. The lowest BCUT2D eigenvalue weighted by Crippen LogP contribution is -2.32. The van der Waals surface area contributed by atoms with Gasteiger partial charge in [-0.3, -0.25) is 4.79 Å². The molecule has 0 aliphatic heterocycles. The number of thioether (sulfide) groups is 2. The van der Waals surface area contributed by atoms with Crippen LogP contribution in [0.15, 0.2) is 78.9 Å². The van der Waals surface area contributed by atoms with Crippen LogP contribution in [-0.4, -0.2) is 28.5 Å². The lowest BCUT2D eigenvalue weighted by molar-refractivity contribution is 0.108. The highest BCUT2D eigenvalue weighted by Gasteiger charge is 2.44. The highest BCUT2D eigenvalue weighted by molar-refractivity contribution is 8.14. The molecule has 3 aromatic rings. The molecule has 0 amide bonds. The zero-order valence-electron chi connectivity index (χ0n) is 16.7. The van der Waals surface area contributed by atoms with Gasteiger partial charge in [-0.1, -0.05) is 90.6 Å². The van der Waals surface area contributed by atoms with Gasteiger partial charge in [-0.25, -0.2) is 4.79 Å². The molecule has 1 aliphatic rings. The molecule has 0 radical (unpaired) electrons. The molecule has 0 fully saturated rings. The van der Waals surface area contributed by atoms with E-state index >= 15 is 0 Å². The van der Waals surface area contributed by atoms with Crippen molar-refractivity contribution in [1.82, 2.24) is 0 Å². The van der Waals surface area contributed by atoms with Crippen LogP contribution in [0.5, 0.6) is 0 Å². The van der Waals surface area contributed by atoms with Crippen LogP contribution in [0.4, 0.5) is 4.79 Å². The van der Waals surface area contributed by atoms with Gasteiger partial charge in [-0.15, -0.1) is 0 Å². The Hall–Kier alpha value is -2.50. The molecule has 0 saturated carbocycles. The van der Waals surface area contributed by atoms with Gasteiger partial charge in [-0.05, 0) is 40.9 Å². The van der Waals surface area contributed by atoms with Crippen LogP contribution in [-0.2, 0) is 10.2 Å². The fourth-order valence-electron chi connectivity index (χ4n) is 3.96. The Morgan fingerprint density at radius 1 is 0.767 bits per heavy atom.